The molecule has 2 atom stereocenters. The Morgan fingerprint density at radius 3 is 2.67 bits per heavy atom. The van der Waals surface area contributed by atoms with Gasteiger partial charge in [0, 0.05) is 49.8 Å². The standard InChI is InChI=1S/C16H22N4.ClH/c1-13-10-20(14(2)9-18-13)11-15-3-5-16(6-4-15)19-8-7-17-12-19;/h3-8,12-14,18H,9-11H2,1-2H3;1H. The van der Waals surface area contributed by atoms with Crippen LogP contribution in [0.1, 0.15) is 19.4 Å². The number of rotatable bonds is 3. The second-order valence-corrected chi connectivity index (χ2v) is 5.72. The molecule has 1 aliphatic rings. The third-order valence-electron chi connectivity index (χ3n) is 4.02. The second kappa shape index (κ2) is 7.07. The monoisotopic (exact) mass is 306 g/mol. The third kappa shape index (κ3) is 3.84. The van der Waals surface area contributed by atoms with E-state index in [4.69, 9.17) is 0 Å². The lowest BCUT2D eigenvalue weighted by Gasteiger charge is -2.37. The summed E-state index contributed by atoms with van der Waals surface area (Å²) in [5, 5.41) is 3.52. The number of hydrogen-bond acceptors (Lipinski definition) is 3. The lowest BCUT2D eigenvalue weighted by Crippen LogP contribution is -2.53. The normalized spacial score (nSPS) is 22.8. The summed E-state index contributed by atoms with van der Waals surface area (Å²) in [4.78, 5) is 6.63. The first-order valence-corrected chi connectivity index (χ1v) is 7.27. The maximum Gasteiger partial charge on any atom is 0.0991 e. The molecule has 0 bridgehead atoms. The van der Waals surface area contributed by atoms with Gasteiger partial charge in [0.25, 0.3) is 0 Å². The molecule has 114 valence electrons. The topological polar surface area (TPSA) is 33.1 Å². The largest absolute Gasteiger partial charge is 0.311 e. The number of aromatic nitrogens is 2. The molecule has 0 aliphatic carbocycles. The number of piperazine rings is 1. The highest BCUT2D eigenvalue weighted by Gasteiger charge is 2.21. The first-order valence-electron chi connectivity index (χ1n) is 7.27. The molecule has 1 aromatic heterocycles. The van der Waals surface area contributed by atoms with Crippen LogP contribution in [0.25, 0.3) is 5.69 Å². The van der Waals surface area contributed by atoms with E-state index in [0.29, 0.717) is 12.1 Å². The summed E-state index contributed by atoms with van der Waals surface area (Å²) >= 11 is 0. The van der Waals surface area contributed by atoms with Gasteiger partial charge >= 0.3 is 0 Å². The quantitative estimate of drug-likeness (QED) is 0.946. The van der Waals surface area contributed by atoms with Crippen molar-refractivity contribution in [1.82, 2.24) is 19.8 Å². The van der Waals surface area contributed by atoms with Crippen LogP contribution in [0.2, 0.25) is 0 Å². The van der Waals surface area contributed by atoms with Gasteiger partial charge in [0.15, 0.2) is 0 Å². The zero-order valence-electron chi connectivity index (χ0n) is 12.6. The Balaban J connectivity index is 0.00000161. The molecule has 0 saturated carbocycles. The van der Waals surface area contributed by atoms with E-state index in [1.54, 1.807) is 6.20 Å². The molecule has 0 radical (unpaired) electrons. The van der Waals surface area contributed by atoms with Gasteiger partial charge in [-0.1, -0.05) is 12.1 Å². The van der Waals surface area contributed by atoms with Crippen molar-refractivity contribution >= 4 is 12.4 Å². The van der Waals surface area contributed by atoms with Gasteiger partial charge in [0.2, 0.25) is 0 Å². The van der Waals surface area contributed by atoms with E-state index in [1.807, 2.05) is 17.1 Å². The van der Waals surface area contributed by atoms with E-state index in [1.165, 1.54) is 5.56 Å². The Hall–Kier alpha value is -1.36. The van der Waals surface area contributed by atoms with Crippen molar-refractivity contribution in [3.8, 4) is 5.69 Å². The van der Waals surface area contributed by atoms with Crippen LogP contribution in [-0.4, -0.2) is 39.6 Å². The summed E-state index contributed by atoms with van der Waals surface area (Å²) in [6.07, 6.45) is 5.60. The van der Waals surface area contributed by atoms with Gasteiger partial charge in [0.05, 0.1) is 6.33 Å². The molecule has 1 fully saturated rings. The molecule has 1 aliphatic heterocycles. The number of nitrogens with zero attached hydrogens (tertiary/aromatic N) is 3. The number of halogens is 1. The van der Waals surface area contributed by atoms with Crippen molar-refractivity contribution in [2.24, 2.45) is 0 Å². The second-order valence-electron chi connectivity index (χ2n) is 5.72. The highest BCUT2D eigenvalue weighted by molar-refractivity contribution is 5.85. The first kappa shape index (κ1) is 16.0. The van der Waals surface area contributed by atoms with Crippen molar-refractivity contribution in [3.63, 3.8) is 0 Å². The average Bonchev–Trinajstić information content (AvgIpc) is 2.98. The fraction of sp³-hybridized carbons (Fsp3) is 0.438. The minimum Gasteiger partial charge on any atom is -0.311 e. The fourth-order valence-electron chi connectivity index (χ4n) is 2.74. The van der Waals surface area contributed by atoms with E-state index < -0.39 is 0 Å². The summed E-state index contributed by atoms with van der Waals surface area (Å²) in [7, 11) is 0. The van der Waals surface area contributed by atoms with Crippen LogP contribution in [0.5, 0.6) is 0 Å². The van der Waals surface area contributed by atoms with Crippen LogP contribution in [0.3, 0.4) is 0 Å². The van der Waals surface area contributed by atoms with Gasteiger partial charge in [-0.05, 0) is 31.5 Å². The SMILES string of the molecule is CC1CN(Cc2ccc(-n3ccnc3)cc2)C(C)CN1.Cl. The van der Waals surface area contributed by atoms with E-state index in [9.17, 15) is 0 Å². The number of imidazole rings is 1. The van der Waals surface area contributed by atoms with Crippen molar-refractivity contribution in [3.05, 3.63) is 48.5 Å². The minimum atomic E-state index is 0. The lowest BCUT2D eigenvalue weighted by molar-refractivity contribution is 0.139. The molecule has 4 nitrogen and oxygen atoms in total. The molecule has 1 saturated heterocycles. The minimum absolute atomic E-state index is 0. The van der Waals surface area contributed by atoms with Crippen LogP contribution < -0.4 is 5.32 Å². The molecule has 3 rings (SSSR count). The maximum atomic E-state index is 4.08. The Bertz CT molecular complexity index is 538. The van der Waals surface area contributed by atoms with Crippen molar-refractivity contribution in [1.29, 1.82) is 0 Å². The molecule has 1 aromatic carbocycles. The zero-order valence-corrected chi connectivity index (χ0v) is 13.4. The molecule has 1 N–H and O–H groups in total. The smallest absolute Gasteiger partial charge is 0.0991 e. The predicted molar refractivity (Wildman–Crippen MR) is 88.1 cm³/mol. The average molecular weight is 307 g/mol. The Kier molecular flexibility index (Phi) is 5.39. The van der Waals surface area contributed by atoms with Crippen LogP contribution in [0.4, 0.5) is 0 Å². The van der Waals surface area contributed by atoms with Crippen LogP contribution in [0, 0.1) is 0 Å². The summed E-state index contributed by atoms with van der Waals surface area (Å²) in [6.45, 7) is 7.76. The van der Waals surface area contributed by atoms with Crippen LogP contribution in [-0.2, 0) is 6.54 Å². The molecule has 5 heteroatoms. The molecule has 2 unspecified atom stereocenters. The van der Waals surface area contributed by atoms with Crippen molar-refractivity contribution in [2.75, 3.05) is 13.1 Å². The van der Waals surface area contributed by atoms with Gasteiger partial charge in [0.1, 0.15) is 0 Å². The summed E-state index contributed by atoms with van der Waals surface area (Å²) < 4.78 is 2.03. The summed E-state index contributed by atoms with van der Waals surface area (Å²) in [5.41, 5.74) is 2.53. The molecular formula is C16H23ClN4. The van der Waals surface area contributed by atoms with Crippen molar-refractivity contribution in [2.45, 2.75) is 32.5 Å². The third-order valence-corrected chi connectivity index (χ3v) is 4.02. The Morgan fingerprint density at radius 1 is 1.24 bits per heavy atom. The Morgan fingerprint density at radius 2 is 2.00 bits per heavy atom. The van der Waals surface area contributed by atoms with E-state index in [0.717, 1.165) is 25.3 Å². The van der Waals surface area contributed by atoms with Crippen LogP contribution in [0.15, 0.2) is 43.0 Å². The molecule has 21 heavy (non-hydrogen) atoms. The van der Waals surface area contributed by atoms with Gasteiger partial charge in [-0.15, -0.1) is 12.4 Å². The van der Waals surface area contributed by atoms with E-state index >= 15 is 0 Å². The molecule has 2 aromatic rings. The highest BCUT2D eigenvalue weighted by atomic mass is 35.5. The first-order chi connectivity index (χ1) is 9.72. The summed E-state index contributed by atoms with van der Waals surface area (Å²) in [5.74, 6) is 0. The Labute approximate surface area is 132 Å². The van der Waals surface area contributed by atoms with E-state index in [2.05, 4.69) is 53.3 Å². The number of hydrogen-bond donors (Lipinski definition) is 1. The molecular weight excluding hydrogens is 284 g/mol. The zero-order chi connectivity index (χ0) is 13.9. The molecule has 2 heterocycles. The maximum absolute atomic E-state index is 4.08. The van der Waals surface area contributed by atoms with Gasteiger partial charge in [-0.3, -0.25) is 4.90 Å². The van der Waals surface area contributed by atoms with Gasteiger partial charge in [-0.2, -0.15) is 0 Å². The number of benzene rings is 1. The molecule has 0 spiro atoms. The van der Waals surface area contributed by atoms with E-state index in [-0.39, 0.29) is 12.4 Å². The predicted octanol–water partition coefficient (Wildman–Crippen LogP) is 2.48. The van der Waals surface area contributed by atoms with Gasteiger partial charge < -0.3 is 9.88 Å². The van der Waals surface area contributed by atoms with Crippen LogP contribution >= 0.6 is 12.4 Å². The van der Waals surface area contributed by atoms with Crippen molar-refractivity contribution < 1.29 is 0 Å². The summed E-state index contributed by atoms with van der Waals surface area (Å²) in [6, 6.07) is 9.93. The number of nitrogens with one attached hydrogen (secondary N) is 1. The lowest BCUT2D eigenvalue weighted by atomic mass is 10.1. The highest BCUT2D eigenvalue weighted by Crippen LogP contribution is 2.14. The molecule has 0 amide bonds. The van der Waals surface area contributed by atoms with Gasteiger partial charge in [-0.25, -0.2) is 4.98 Å². The fourth-order valence-corrected chi connectivity index (χ4v) is 2.74.